The van der Waals surface area contributed by atoms with Gasteiger partial charge in [-0.2, -0.15) is 0 Å². The van der Waals surface area contributed by atoms with Crippen molar-refractivity contribution in [1.82, 2.24) is 4.90 Å². The Labute approximate surface area is 78.1 Å². The highest BCUT2D eigenvalue weighted by Gasteiger charge is 2.43. The lowest BCUT2D eigenvalue weighted by Crippen LogP contribution is -2.52. The average Bonchev–Trinajstić information content (AvgIpc) is 2.02. The van der Waals surface area contributed by atoms with E-state index >= 15 is 0 Å². The zero-order chi connectivity index (χ0) is 9.31. The lowest BCUT2D eigenvalue weighted by Gasteiger charge is -2.38. The van der Waals surface area contributed by atoms with Crippen LogP contribution in [0.2, 0.25) is 0 Å². The quantitative estimate of drug-likeness (QED) is 0.611. The van der Waals surface area contributed by atoms with Gasteiger partial charge in [0.15, 0.2) is 5.67 Å². The molecule has 3 heteroatoms. The van der Waals surface area contributed by atoms with Gasteiger partial charge in [0, 0.05) is 13.1 Å². The number of amides is 1. The molecule has 1 aliphatic carbocycles. The van der Waals surface area contributed by atoms with Crippen molar-refractivity contribution in [2.45, 2.75) is 44.2 Å². The molecule has 2 rings (SSSR count). The van der Waals surface area contributed by atoms with E-state index in [0.717, 1.165) is 38.8 Å². The smallest absolute Gasteiger partial charge is 0.260 e. The molecule has 0 aromatic rings. The Morgan fingerprint density at radius 1 is 1.08 bits per heavy atom. The van der Waals surface area contributed by atoms with Gasteiger partial charge < -0.3 is 4.90 Å². The Kier molecular flexibility index (Phi) is 2.26. The third-order valence-corrected chi connectivity index (χ3v) is 3.17. The lowest BCUT2D eigenvalue weighted by atomic mass is 9.85. The third kappa shape index (κ3) is 1.56. The number of carbonyl (C=O) groups is 1. The molecule has 1 amide bonds. The minimum absolute atomic E-state index is 0.238. The first-order valence-electron chi connectivity index (χ1n) is 5.21. The summed E-state index contributed by atoms with van der Waals surface area (Å²) in [5.41, 5.74) is -1.50. The fraction of sp³-hybridized carbons (Fsp3) is 0.900. The van der Waals surface area contributed by atoms with E-state index in [1.807, 2.05) is 0 Å². The largest absolute Gasteiger partial charge is 0.340 e. The molecule has 74 valence electrons. The standard InChI is InChI=1S/C10H16FNO/c11-10(5-2-1-3-6-10)9(13)12-7-4-8-12/h1-8H2. The average molecular weight is 185 g/mol. The monoisotopic (exact) mass is 185 g/mol. The van der Waals surface area contributed by atoms with Crippen LogP contribution in [0.4, 0.5) is 4.39 Å². The fourth-order valence-electron chi connectivity index (χ4n) is 2.13. The molecule has 0 bridgehead atoms. The summed E-state index contributed by atoms with van der Waals surface area (Å²) < 4.78 is 14.0. The van der Waals surface area contributed by atoms with Gasteiger partial charge >= 0.3 is 0 Å². The third-order valence-electron chi connectivity index (χ3n) is 3.17. The molecule has 2 aliphatic rings. The van der Waals surface area contributed by atoms with Crippen LogP contribution in [-0.4, -0.2) is 29.6 Å². The van der Waals surface area contributed by atoms with E-state index in [2.05, 4.69) is 0 Å². The number of nitrogens with zero attached hydrogens (tertiary/aromatic N) is 1. The Hall–Kier alpha value is -0.600. The van der Waals surface area contributed by atoms with Crippen molar-refractivity contribution in [3.63, 3.8) is 0 Å². The van der Waals surface area contributed by atoms with Gasteiger partial charge in [0.05, 0.1) is 0 Å². The molecule has 13 heavy (non-hydrogen) atoms. The number of hydrogen-bond acceptors (Lipinski definition) is 1. The summed E-state index contributed by atoms with van der Waals surface area (Å²) in [7, 11) is 0. The summed E-state index contributed by atoms with van der Waals surface area (Å²) in [6.07, 6.45) is 4.76. The Bertz CT molecular complexity index is 207. The van der Waals surface area contributed by atoms with Gasteiger partial charge in [0.1, 0.15) is 0 Å². The Balaban J connectivity index is 1.99. The summed E-state index contributed by atoms with van der Waals surface area (Å²) >= 11 is 0. The maximum Gasteiger partial charge on any atom is 0.260 e. The number of rotatable bonds is 1. The second-order valence-electron chi connectivity index (χ2n) is 4.17. The number of hydrogen-bond donors (Lipinski definition) is 0. The topological polar surface area (TPSA) is 20.3 Å². The first-order valence-corrected chi connectivity index (χ1v) is 5.21. The number of alkyl halides is 1. The van der Waals surface area contributed by atoms with Gasteiger partial charge in [0.25, 0.3) is 5.91 Å². The van der Waals surface area contributed by atoms with Gasteiger partial charge in [-0.05, 0) is 32.1 Å². The summed E-state index contributed by atoms with van der Waals surface area (Å²) in [5, 5.41) is 0. The first-order chi connectivity index (χ1) is 6.22. The maximum atomic E-state index is 14.0. The number of likely N-dealkylation sites (tertiary alicyclic amines) is 1. The summed E-state index contributed by atoms with van der Waals surface area (Å²) in [4.78, 5) is 13.3. The lowest BCUT2D eigenvalue weighted by molar-refractivity contribution is -0.150. The molecular weight excluding hydrogens is 169 g/mol. The molecule has 0 unspecified atom stereocenters. The predicted octanol–water partition coefficient (Wildman–Crippen LogP) is 1.89. The van der Waals surface area contributed by atoms with E-state index in [9.17, 15) is 9.18 Å². The maximum absolute atomic E-state index is 14.0. The molecule has 2 fully saturated rings. The molecular formula is C10H16FNO. The van der Waals surface area contributed by atoms with Crippen molar-refractivity contribution >= 4 is 5.91 Å². The second kappa shape index (κ2) is 3.28. The predicted molar refractivity (Wildman–Crippen MR) is 48.1 cm³/mol. The van der Waals surface area contributed by atoms with E-state index in [1.165, 1.54) is 0 Å². The van der Waals surface area contributed by atoms with Crippen molar-refractivity contribution in [3.05, 3.63) is 0 Å². The van der Waals surface area contributed by atoms with Crippen LogP contribution in [-0.2, 0) is 4.79 Å². The van der Waals surface area contributed by atoms with Crippen LogP contribution in [0, 0.1) is 0 Å². The first kappa shape index (κ1) is 8.97. The normalized spacial score (nSPS) is 26.7. The Morgan fingerprint density at radius 3 is 2.15 bits per heavy atom. The van der Waals surface area contributed by atoms with Crippen molar-refractivity contribution in [2.24, 2.45) is 0 Å². The summed E-state index contributed by atoms with van der Waals surface area (Å²) in [5.74, 6) is -0.238. The van der Waals surface area contributed by atoms with E-state index in [-0.39, 0.29) is 5.91 Å². The fourth-order valence-corrected chi connectivity index (χ4v) is 2.13. The molecule has 0 radical (unpaired) electrons. The van der Waals surface area contributed by atoms with Crippen LogP contribution in [0.3, 0.4) is 0 Å². The molecule has 1 saturated heterocycles. The van der Waals surface area contributed by atoms with Gasteiger partial charge in [-0.15, -0.1) is 0 Å². The zero-order valence-corrected chi connectivity index (χ0v) is 7.89. The van der Waals surface area contributed by atoms with Crippen molar-refractivity contribution < 1.29 is 9.18 Å². The number of halogens is 1. The molecule has 1 heterocycles. The number of carbonyl (C=O) groups excluding carboxylic acids is 1. The molecule has 0 aromatic carbocycles. The van der Waals surface area contributed by atoms with Gasteiger partial charge in [-0.25, -0.2) is 4.39 Å². The SMILES string of the molecule is O=C(N1CCC1)C1(F)CCCCC1. The molecule has 1 aliphatic heterocycles. The highest BCUT2D eigenvalue weighted by Crippen LogP contribution is 2.34. The van der Waals surface area contributed by atoms with E-state index in [1.54, 1.807) is 4.90 Å². The highest BCUT2D eigenvalue weighted by atomic mass is 19.1. The molecule has 0 spiro atoms. The van der Waals surface area contributed by atoms with E-state index in [0.29, 0.717) is 12.8 Å². The van der Waals surface area contributed by atoms with Crippen LogP contribution < -0.4 is 0 Å². The molecule has 0 atom stereocenters. The zero-order valence-electron chi connectivity index (χ0n) is 7.89. The van der Waals surface area contributed by atoms with Crippen LogP contribution in [0.15, 0.2) is 0 Å². The molecule has 0 N–H and O–H groups in total. The van der Waals surface area contributed by atoms with Gasteiger partial charge in [-0.3, -0.25) is 4.79 Å². The second-order valence-corrected chi connectivity index (χ2v) is 4.17. The summed E-state index contributed by atoms with van der Waals surface area (Å²) in [6, 6.07) is 0. The van der Waals surface area contributed by atoms with Gasteiger partial charge in [-0.1, -0.05) is 6.42 Å². The Morgan fingerprint density at radius 2 is 1.69 bits per heavy atom. The van der Waals surface area contributed by atoms with E-state index in [4.69, 9.17) is 0 Å². The van der Waals surface area contributed by atoms with Crippen LogP contribution in [0.25, 0.3) is 0 Å². The minimum Gasteiger partial charge on any atom is -0.340 e. The van der Waals surface area contributed by atoms with Crippen molar-refractivity contribution in [2.75, 3.05) is 13.1 Å². The molecule has 1 saturated carbocycles. The van der Waals surface area contributed by atoms with Gasteiger partial charge in [0.2, 0.25) is 0 Å². The van der Waals surface area contributed by atoms with Crippen molar-refractivity contribution in [1.29, 1.82) is 0 Å². The van der Waals surface area contributed by atoms with Crippen LogP contribution in [0.5, 0.6) is 0 Å². The summed E-state index contributed by atoms with van der Waals surface area (Å²) in [6.45, 7) is 1.54. The van der Waals surface area contributed by atoms with E-state index < -0.39 is 5.67 Å². The van der Waals surface area contributed by atoms with Crippen LogP contribution >= 0.6 is 0 Å². The minimum atomic E-state index is -1.50. The highest BCUT2D eigenvalue weighted by molar-refractivity contribution is 5.85. The molecule has 0 aromatic heterocycles. The van der Waals surface area contributed by atoms with Crippen LogP contribution in [0.1, 0.15) is 38.5 Å². The molecule has 2 nitrogen and oxygen atoms in total. The van der Waals surface area contributed by atoms with Crippen molar-refractivity contribution in [3.8, 4) is 0 Å².